The zero-order chi connectivity index (χ0) is 17.6. The van der Waals surface area contributed by atoms with Crippen molar-refractivity contribution in [3.05, 3.63) is 55.1 Å². The zero-order valence-corrected chi connectivity index (χ0v) is 18.3. The molecular formula is C20H22Br2ClNO. The standard InChI is InChI=1S/C20H22Br2ClNO/c1-24-6-4-15(5-7-24)20-11-13(8-16(21)12-25-20)2-3-14-9-17(23)10-18(22)19(14)20/h8-10,12,15H,2-7,11H2,1H3. The summed E-state index contributed by atoms with van der Waals surface area (Å²) < 4.78 is 8.74. The molecule has 1 aromatic rings. The van der Waals surface area contributed by atoms with Gasteiger partial charge in [-0.1, -0.05) is 33.1 Å². The molecule has 2 bridgehead atoms. The van der Waals surface area contributed by atoms with Gasteiger partial charge in [0, 0.05) is 27.4 Å². The molecule has 0 aromatic heterocycles. The number of nitrogens with zero attached hydrogens (tertiary/aromatic N) is 1. The number of rotatable bonds is 1. The van der Waals surface area contributed by atoms with Crippen molar-refractivity contribution in [2.45, 2.75) is 37.7 Å². The minimum absolute atomic E-state index is 0.308. The SMILES string of the molecule is CN1CCC(C23CC(=CC(Br)=CO2)CCc2cc(Cl)cc(Br)c23)CC1. The molecule has 1 aliphatic carbocycles. The summed E-state index contributed by atoms with van der Waals surface area (Å²) in [7, 11) is 2.21. The smallest absolute Gasteiger partial charge is 0.141 e. The Hall–Kier alpha value is -0.290. The van der Waals surface area contributed by atoms with Gasteiger partial charge >= 0.3 is 0 Å². The average molecular weight is 488 g/mol. The van der Waals surface area contributed by atoms with Crippen LogP contribution in [0.25, 0.3) is 0 Å². The number of hydrogen-bond donors (Lipinski definition) is 0. The van der Waals surface area contributed by atoms with Gasteiger partial charge in [0.15, 0.2) is 0 Å². The van der Waals surface area contributed by atoms with E-state index < -0.39 is 0 Å². The molecule has 3 aliphatic rings. The van der Waals surface area contributed by atoms with Crippen LogP contribution in [0.3, 0.4) is 0 Å². The molecule has 1 unspecified atom stereocenters. The fourth-order valence-corrected chi connectivity index (χ4v) is 6.27. The first kappa shape index (κ1) is 18.1. The Kier molecular flexibility index (Phi) is 5.09. The topological polar surface area (TPSA) is 12.5 Å². The van der Waals surface area contributed by atoms with Crippen molar-refractivity contribution in [3.8, 4) is 0 Å². The Morgan fingerprint density at radius 1 is 1.20 bits per heavy atom. The van der Waals surface area contributed by atoms with E-state index in [0.29, 0.717) is 5.92 Å². The highest BCUT2D eigenvalue weighted by atomic mass is 79.9. The molecule has 1 aromatic carbocycles. The largest absolute Gasteiger partial charge is 0.488 e. The number of halogens is 3. The van der Waals surface area contributed by atoms with Crippen LogP contribution in [-0.4, -0.2) is 25.0 Å². The molecule has 4 rings (SSSR count). The van der Waals surface area contributed by atoms with Crippen molar-refractivity contribution in [2.75, 3.05) is 20.1 Å². The third-order valence-corrected chi connectivity index (χ3v) is 7.13. The van der Waals surface area contributed by atoms with E-state index >= 15 is 0 Å². The Labute approximate surface area is 171 Å². The molecule has 2 aliphatic heterocycles. The molecule has 1 fully saturated rings. The van der Waals surface area contributed by atoms with Crippen LogP contribution in [0, 0.1) is 5.92 Å². The second-order valence-corrected chi connectivity index (χ2v) is 9.70. The second kappa shape index (κ2) is 7.03. The molecule has 0 saturated carbocycles. The minimum Gasteiger partial charge on any atom is -0.488 e. The molecule has 0 N–H and O–H groups in total. The van der Waals surface area contributed by atoms with Crippen molar-refractivity contribution in [3.63, 3.8) is 0 Å². The molecule has 0 spiro atoms. The molecule has 2 nitrogen and oxygen atoms in total. The van der Waals surface area contributed by atoms with Gasteiger partial charge < -0.3 is 9.64 Å². The van der Waals surface area contributed by atoms with Gasteiger partial charge in [-0.2, -0.15) is 0 Å². The maximum Gasteiger partial charge on any atom is 0.141 e. The minimum atomic E-state index is -0.308. The van der Waals surface area contributed by atoms with E-state index in [4.69, 9.17) is 16.3 Å². The van der Waals surface area contributed by atoms with Crippen molar-refractivity contribution in [1.29, 1.82) is 0 Å². The number of benzene rings is 1. The Balaban J connectivity index is 1.89. The maximum atomic E-state index is 6.62. The van der Waals surface area contributed by atoms with Crippen LogP contribution in [-0.2, 0) is 16.8 Å². The van der Waals surface area contributed by atoms with E-state index in [9.17, 15) is 0 Å². The lowest BCUT2D eigenvalue weighted by molar-refractivity contribution is -0.0568. The summed E-state index contributed by atoms with van der Waals surface area (Å²) in [6.07, 6.45) is 9.49. The Morgan fingerprint density at radius 3 is 2.72 bits per heavy atom. The van der Waals surface area contributed by atoms with Crippen molar-refractivity contribution in [1.82, 2.24) is 4.90 Å². The molecule has 1 atom stereocenters. The summed E-state index contributed by atoms with van der Waals surface area (Å²) in [6.45, 7) is 2.25. The van der Waals surface area contributed by atoms with Gasteiger partial charge in [0.05, 0.1) is 10.7 Å². The van der Waals surface area contributed by atoms with Crippen LogP contribution in [0.5, 0.6) is 0 Å². The summed E-state index contributed by atoms with van der Waals surface area (Å²) in [5.74, 6) is 0.496. The summed E-state index contributed by atoms with van der Waals surface area (Å²) in [6, 6.07) is 4.16. The van der Waals surface area contributed by atoms with E-state index in [1.54, 1.807) is 0 Å². The van der Waals surface area contributed by atoms with E-state index in [2.05, 4.69) is 55.9 Å². The molecular weight excluding hydrogens is 465 g/mol. The number of likely N-dealkylation sites (tertiary alicyclic amines) is 1. The van der Waals surface area contributed by atoms with Crippen molar-refractivity contribution >= 4 is 43.5 Å². The highest BCUT2D eigenvalue weighted by Crippen LogP contribution is 2.52. The Bertz CT molecular complexity index is 752. The summed E-state index contributed by atoms with van der Waals surface area (Å²) in [5.41, 5.74) is 3.79. The van der Waals surface area contributed by atoms with Crippen LogP contribution in [0.15, 0.2) is 39.0 Å². The predicted molar refractivity (Wildman–Crippen MR) is 110 cm³/mol. The number of aryl methyl sites for hydroxylation is 1. The molecule has 5 heteroatoms. The van der Waals surface area contributed by atoms with Gasteiger partial charge in [0.1, 0.15) is 5.60 Å². The second-order valence-electron chi connectivity index (χ2n) is 7.49. The Morgan fingerprint density at radius 2 is 1.96 bits per heavy atom. The molecule has 0 amide bonds. The van der Waals surface area contributed by atoms with Gasteiger partial charge in [0.25, 0.3) is 0 Å². The quantitative estimate of drug-likeness (QED) is 0.470. The van der Waals surface area contributed by atoms with Gasteiger partial charge in [-0.25, -0.2) is 0 Å². The van der Waals surface area contributed by atoms with Crippen LogP contribution < -0.4 is 0 Å². The number of allylic oxidation sites excluding steroid dienone is 2. The fourth-order valence-electron chi connectivity index (χ4n) is 4.64. The number of fused-ring (bicyclic) bond motifs is 4. The fraction of sp³-hybridized carbons (Fsp3) is 0.500. The van der Waals surface area contributed by atoms with Crippen molar-refractivity contribution in [2.24, 2.45) is 5.92 Å². The van der Waals surface area contributed by atoms with Gasteiger partial charge in [-0.15, -0.1) is 0 Å². The van der Waals surface area contributed by atoms with E-state index in [1.165, 1.54) is 16.7 Å². The lowest BCUT2D eigenvalue weighted by Crippen LogP contribution is -2.44. The van der Waals surface area contributed by atoms with E-state index in [1.807, 2.05) is 12.3 Å². The predicted octanol–water partition coefficient (Wildman–Crippen LogP) is 6.17. The lowest BCUT2D eigenvalue weighted by Gasteiger charge is -2.44. The average Bonchev–Trinajstić information content (AvgIpc) is 2.82. The van der Waals surface area contributed by atoms with E-state index in [0.717, 1.165) is 59.2 Å². The normalized spacial score (nSPS) is 27.5. The molecule has 25 heavy (non-hydrogen) atoms. The first-order valence-corrected chi connectivity index (χ1v) is 10.8. The first-order valence-electron chi connectivity index (χ1n) is 8.88. The highest BCUT2D eigenvalue weighted by Gasteiger charge is 2.47. The number of ether oxygens (including phenoxy) is 1. The maximum absolute atomic E-state index is 6.62. The zero-order valence-electron chi connectivity index (χ0n) is 14.3. The van der Waals surface area contributed by atoms with Gasteiger partial charge in [-0.3, -0.25) is 0 Å². The number of piperidine rings is 1. The summed E-state index contributed by atoms with van der Waals surface area (Å²) in [5, 5.41) is 0.795. The van der Waals surface area contributed by atoms with Crippen molar-refractivity contribution < 1.29 is 4.74 Å². The first-order chi connectivity index (χ1) is 12.0. The molecule has 1 saturated heterocycles. The van der Waals surface area contributed by atoms with Gasteiger partial charge in [-0.05, 0) is 85.5 Å². The third-order valence-electron chi connectivity index (χ3n) is 5.87. The lowest BCUT2D eigenvalue weighted by atomic mass is 9.72. The third kappa shape index (κ3) is 3.36. The van der Waals surface area contributed by atoms with Crippen LogP contribution in [0.4, 0.5) is 0 Å². The monoisotopic (exact) mass is 485 g/mol. The molecule has 2 heterocycles. The highest BCUT2D eigenvalue weighted by molar-refractivity contribution is 9.12. The summed E-state index contributed by atoms with van der Waals surface area (Å²) in [4.78, 5) is 2.42. The molecule has 0 radical (unpaired) electrons. The van der Waals surface area contributed by atoms with Crippen LogP contribution in [0.2, 0.25) is 5.02 Å². The summed E-state index contributed by atoms with van der Waals surface area (Å²) >= 11 is 13.8. The van der Waals surface area contributed by atoms with Crippen LogP contribution in [0.1, 0.15) is 36.8 Å². The van der Waals surface area contributed by atoms with Gasteiger partial charge in [0.2, 0.25) is 0 Å². The molecule has 134 valence electrons. The number of hydrogen-bond acceptors (Lipinski definition) is 2. The van der Waals surface area contributed by atoms with E-state index in [-0.39, 0.29) is 5.60 Å². The van der Waals surface area contributed by atoms with Crippen LogP contribution >= 0.6 is 43.5 Å².